The lowest BCUT2D eigenvalue weighted by molar-refractivity contribution is -0.114. The number of ether oxygens (including phenoxy) is 1. The molecule has 0 aromatic heterocycles. The number of carbonyl (C=O) groups excluding carboxylic acids is 1. The first-order chi connectivity index (χ1) is 13.9. The summed E-state index contributed by atoms with van der Waals surface area (Å²) in [5, 5.41) is 2.73. The van der Waals surface area contributed by atoms with Gasteiger partial charge in [-0.2, -0.15) is 4.31 Å². The zero-order valence-corrected chi connectivity index (χ0v) is 17.4. The number of benzene rings is 2. The van der Waals surface area contributed by atoms with Crippen molar-refractivity contribution in [3.8, 4) is 16.9 Å². The summed E-state index contributed by atoms with van der Waals surface area (Å²) < 4.78 is 33.8. The van der Waals surface area contributed by atoms with Crippen molar-refractivity contribution in [1.82, 2.24) is 9.21 Å². The topological polar surface area (TPSA) is 79.0 Å². The number of amides is 1. The average molecular weight is 416 g/mol. The van der Waals surface area contributed by atoms with Gasteiger partial charge in [0.05, 0.1) is 12.0 Å². The van der Waals surface area contributed by atoms with Crippen LogP contribution in [-0.2, 0) is 14.8 Å². The second-order valence-electron chi connectivity index (χ2n) is 7.48. The number of nitrogens with zero attached hydrogens (tertiary/aromatic N) is 2. The summed E-state index contributed by atoms with van der Waals surface area (Å²) in [5.41, 5.74) is 2.20. The van der Waals surface area contributed by atoms with E-state index in [1.54, 1.807) is 41.7 Å². The molecule has 154 valence electrons. The van der Waals surface area contributed by atoms with E-state index in [0.717, 1.165) is 31.6 Å². The van der Waals surface area contributed by atoms with Crippen LogP contribution in [0.25, 0.3) is 11.1 Å². The first kappa shape index (κ1) is 19.9. The van der Waals surface area contributed by atoms with Gasteiger partial charge in [0.2, 0.25) is 15.9 Å². The third-order valence-corrected chi connectivity index (χ3v) is 7.53. The van der Waals surface area contributed by atoms with Crippen molar-refractivity contribution in [3.05, 3.63) is 42.5 Å². The SMILES string of the molecule is COc1ccc(S(=O)(=O)N2CCN3CCC2C3)cc1-c1ccc(NC(C)=O)cc1. The van der Waals surface area contributed by atoms with Crippen molar-refractivity contribution in [1.29, 1.82) is 0 Å². The Morgan fingerprint density at radius 2 is 1.86 bits per heavy atom. The molecule has 1 amide bonds. The Labute approximate surface area is 171 Å². The number of carbonyl (C=O) groups is 1. The highest BCUT2D eigenvalue weighted by atomic mass is 32.2. The summed E-state index contributed by atoms with van der Waals surface area (Å²) in [6.07, 6.45) is 0.882. The van der Waals surface area contributed by atoms with E-state index in [-0.39, 0.29) is 16.8 Å². The number of piperazine rings is 1. The zero-order chi connectivity index (χ0) is 20.6. The highest BCUT2D eigenvalue weighted by Gasteiger charge is 2.39. The molecule has 2 unspecified atom stereocenters. The zero-order valence-electron chi connectivity index (χ0n) is 16.6. The number of hydrogen-bond acceptors (Lipinski definition) is 5. The smallest absolute Gasteiger partial charge is 0.243 e. The number of methoxy groups -OCH3 is 1. The van der Waals surface area contributed by atoms with E-state index in [0.29, 0.717) is 23.5 Å². The first-order valence-electron chi connectivity index (χ1n) is 9.69. The van der Waals surface area contributed by atoms with Crippen molar-refractivity contribution in [2.24, 2.45) is 0 Å². The summed E-state index contributed by atoms with van der Waals surface area (Å²) in [6.45, 7) is 4.54. The second kappa shape index (κ2) is 7.78. The standard InChI is InChI=1S/C21H25N3O4S/c1-15(25)22-17-5-3-16(4-6-17)20-13-19(7-8-21(20)28-2)29(26,27)24-12-11-23-10-9-18(24)14-23/h3-8,13,18H,9-12,14H2,1-2H3,(H,22,25). The van der Waals surface area contributed by atoms with Gasteiger partial charge < -0.3 is 15.0 Å². The highest BCUT2D eigenvalue weighted by molar-refractivity contribution is 7.89. The number of rotatable bonds is 5. The molecule has 0 saturated carbocycles. The predicted octanol–water partition coefficient (Wildman–Crippen LogP) is 2.40. The van der Waals surface area contributed by atoms with Gasteiger partial charge in [0.1, 0.15) is 5.75 Å². The number of hydrogen-bond donors (Lipinski definition) is 1. The number of anilines is 1. The largest absolute Gasteiger partial charge is 0.496 e. The maximum absolute atomic E-state index is 13.4. The Bertz CT molecular complexity index is 1020. The van der Waals surface area contributed by atoms with Gasteiger partial charge in [0.15, 0.2) is 0 Å². The molecule has 2 aromatic rings. The maximum Gasteiger partial charge on any atom is 0.243 e. The van der Waals surface area contributed by atoms with E-state index in [4.69, 9.17) is 4.74 Å². The van der Waals surface area contributed by atoms with Crippen molar-refractivity contribution in [2.75, 3.05) is 38.6 Å². The van der Waals surface area contributed by atoms with Crippen LogP contribution in [0.3, 0.4) is 0 Å². The van der Waals surface area contributed by atoms with E-state index >= 15 is 0 Å². The number of fused-ring (bicyclic) bond motifs is 2. The van der Waals surface area contributed by atoms with Crippen molar-refractivity contribution >= 4 is 21.6 Å². The molecule has 2 aliphatic heterocycles. The molecule has 4 rings (SSSR count). The molecule has 2 fully saturated rings. The molecule has 7 nitrogen and oxygen atoms in total. The van der Waals surface area contributed by atoms with Gasteiger partial charge >= 0.3 is 0 Å². The first-order valence-corrected chi connectivity index (χ1v) is 11.1. The molecule has 0 radical (unpaired) electrons. The van der Waals surface area contributed by atoms with Crippen molar-refractivity contribution in [2.45, 2.75) is 24.3 Å². The summed E-state index contributed by atoms with van der Waals surface area (Å²) >= 11 is 0. The van der Waals surface area contributed by atoms with Gasteiger partial charge in [0.25, 0.3) is 0 Å². The number of sulfonamides is 1. The van der Waals surface area contributed by atoms with Crippen LogP contribution >= 0.6 is 0 Å². The van der Waals surface area contributed by atoms with Crippen LogP contribution in [-0.4, -0.2) is 62.9 Å². The third kappa shape index (κ3) is 3.88. The summed E-state index contributed by atoms with van der Waals surface area (Å²) in [7, 11) is -2.02. The van der Waals surface area contributed by atoms with Crippen LogP contribution in [0, 0.1) is 0 Å². The number of nitrogens with one attached hydrogen (secondary N) is 1. The quantitative estimate of drug-likeness (QED) is 0.811. The molecule has 2 saturated heterocycles. The Hall–Kier alpha value is -2.42. The molecule has 0 aliphatic carbocycles. The highest BCUT2D eigenvalue weighted by Crippen LogP contribution is 2.35. The fourth-order valence-electron chi connectivity index (χ4n) is 4.13. The van der Waals surface area contributed by atoms with Gasteiger partial charge in [-0.15, -0.1) is 0 Å². The molecule has 1 N–H and O–H groups in total. The Morgan fingerprint density at radius 3 is 2.55 bits per heavy atom. The average Bonchev–Trinajstić information content (AvgIpc) is 3.07. The molecule has 2 atom stereocenters. The van der Waals surface area contributed by atoms with Crippen LogP contribution in [0.1, 0.15) is 13.3 Å². The third-order valence-electron chi connectivity index (χ3n) is 5.59. The minimum Gasteiger partial charge on any atom is -0.496 e. The summed E-state index contributed by atoms with van der Waals surface area (Å²) in [6, 6.07) is 12.3. The van der Waals surface area contributed by atoms with Crippen LogP contribution in [0.4, 0.5) is 5.69 Å². The lowest BCUT2D eigenvalue weighted by Gasteiger charge is -2.33. The van der Waals surface area contributed by atoms with E-state index < -0.39 is 10.0 Å². The molecular formula is C21H25N3O4S. The predicted molar refractivity (Wildman–Crippen MR) is 111 cm³/mol. The van der Waals surface area contributed by atoms with E-state index in [1.807, 2.05) is 12.1 Å². The van der Waals surface area contributed by atoms with Gasteiger partial charge in [-0.05, 0) is 48.9 Å². The lowest BCUT2D eigenvalue weighted by Crippen LogP contribution is -2.49. The van der Waals surface area contributed by atoms with E-state index in [2.05, 4.69) is 10.2 Å². The Kier molecular flexibility index (Phi) is 5.33. The fraction of sp³-hybridized carbons (Fsp3) is 0.381. The normalized spacial score (nSPS) is 21.7. The molecule has 2 bridgehead atoms. The molecule has 29 heavy (non-hydrogen) atoms. The van der Waals surface area contributed by atoms with Gasteiger partial charge in [-0.25, -0.2) is 8.42 Å². The van der Waals surface area contributed by atoms with Gasteiger partial charge in [0, 0.05) is 43.9 Å². The molecule has 8 heteroatoms. The summed E-state index contributed by atoms with van der Waals surface area (Å²) in [5.74, 6) is 0.456. The molecule has 2 heterocycles. The Balaban J connectivity index is 1.69. The van der Waals surface area contributed by atoms with Crippen LogP contribution in [0.2, 0.25) is 0 Å². The summed E-state index contributed by atoms with van der Waals surface area (Å²) in [4.78, 5) is 13.8. The van der Waals surface area contributed by atoms with E-state index in [1.165, 1.54) is 6.92 Å². The Morgan fingerprint density at radius 1 is 1.10 bits per heavy atom. The molecule has 2 aliphatic rings. The van der Waals surface area contributed by atoms with Crippen molar-refractivity contribution < 1.29 is 17.9 Å². The van der Waals surface area contributed by atoms with Crippen LogP contribution in [0.15, 0.2) is 47.4 Å². The molecule has 0 spiro atoms. The van der Waals surface area contributed by atoms with E-state index in [9.17, 15) is 13.2 Å². The van der Waals surface area contributed by atoms with Gasteiger partial charge in [-0.1, -0.05) is 12.1 Å². The fourth-order valence-corrected chi connectivity index (χ4v) is 5.80. The lowest BCUT2D eigenvalue weighted by atomic mass is 10.0. The second-order valence-corrected chi connectivity index (χ2v) is 9.37. The molecular weight excluding hydrogens is 390 g/mol. The van der Waals surface area contributed by atoms with Crippen molar-refractivity contribution in [3.63, 3.8) is 0 Å². The minimum atomic E-state index is -3.58. The van der Waals surface area contributed by atoms with Gasteiger partial charge in [-0.3, -0.25) is 4.79 Å². The minimum absolute atomic E-state index is 0.0521. The molecule has 2 aromatic carbocycles. The van der Waals surface area contributed by atoms with Crippen LogP contribution in [0.5, 0.6) is 5.75 Å². The monoisotopic (exact) mass is 415 g/mol. The maximum atomic E-state index is 13.4. The van der Waals surface area contributed by atoms with Crippen LogP contribution < -0.4 is 10.1 Å².